The SMILES string of the molecule is COC[C@]12CC[C@@H](C)[C@H](C)[C@H]1C1=CC[C@@H]3[C@@]4(C)CCCNC(C)(C)[C@@H]4CC[C@@]3(C)[C@]1(C)CC2. The molecule has 4 fully saturated rings. The summed E-state index contributed by atoms with van der Waals surface area (Å²) >= 11 is 0. The predicted octanol–water partition coefficient (Wildman–Crippen LogP) is 7.63. The van der Waals surface area contributed by atoms with Crippen molar-refractivity contribution in [3.8, 4) is 0 Å². The van der Waals surface area contributed by atoms with Gasteiger partial charge in [0, 0.05) is 18.1 Å². The van der Waals surface area contributed by atoms with Crippen LogP contribution in [0.1, 0.15) is 106 Å². The molecule has 0 aromatic carbocycles. The molecule has 1 heterocycles. The Hall–Kier alpha value is -0.340. The van der Waals surface area contributed by atoms with E-state index >= 15 is 0 Å². The van der Waals surface area contributed by atoms with Crippen LogP contribution in [0.4, 0.5) is 0 Å². The summed E-state index contributed by atoms with van der Waals surface area (Å²) in [7, 11) is 1.94. The summed E-state index contributed by atoms with van der Waals surface area (Å²) in [5.41, 5.74) is 3.72. The molecule has 188 valence electrons. The van der Waals surface area contributed by atoms with Crippen LogP contribution in [0.15, 0.2) is 11.6 Å². The summed E-state index contributed by atoms with van der Waals surface area (Å²) in [6.45, 7) is 20.4. The molecular formula is C31H53NO. The number of nitrogens with one attached hydrogen (secondary N) is 1. The van der Waals surface area contributed by atoms with Gasteiger partial charge in [0.1, 0.15) is 0 Å². The molecule has 0 aromatic rings. The fourth-order valence-corrected chi connectivity index (χ4v) is 11.1. The number of fused-ring (bicyclic) bond motifs is 7. The molecule has 0 radical (unpaired) electrons. The zero-order valence-corrected chi connectivity index (χ0v) is 23.2. The molecule has 1 aliphatic heterocycles. The van der Waals surface area contributed by atoms with E-state index in [0.29, 0.717) is 21.7 Å². The quantitative estimate of drug-likeness (QED) is 0.432. The highest BCUT2D eigenvalue weighted by Crippen LogP contribution is 2.74. The molecule has 0 amide bonds. The van der Waals surface area contributed by atoms with Gasteiger partial charge in [-0.15, -0.1) is 0 Å². The highest BCUT2D eigenvalue weighted by atomic mass is 16.5. The van der Waals surface area contributed by atoms with Gasteiger partial charge in [0.05, 0.1) is 6.61 Å². The summed E-state index contributed by atoms with van der Waals surface area (Å²) in [5.74, 6) is 3.91. The van der Waals surface area contributed by atoms with Crippen LogP contribution in [-0.4, -0.2) is 25.8 Å². The van der Waals surface area contributed by atoms with E-state index in [1.165, 1.54) is 64.3 Å². The number of ether oxygens (including phenoxy) is 1. The summed E-state index contributed by atoms with van der Waals surface area (Å²) in [6, 6.07) is 0. The summed E-state index contributed by atoms with van der Waals surface area (Å²) in [5, 5.41) is 3.96. The predicted molar refractivity (Wildman–Crippen MR) is 139 cm³/mol. The van der Waals surface area contributed by atoms with Crippen molar-refractivity contribution in [3.63, 3.8) is 0 Å². The Bertz CT molecular complexity index is 801. The van der Waals surface area contributed by atoms with Gasteiger partial charge in [-0.05, 0) is 124 Å². The van der Waals surface area contributed by atoms with Crippen molar-refractivity contribution in [1.29, 1.82) is 0 Å². The molecule has 5 rings (SSSR count). The van der Waals surface area contributed by atoms with Gasteiger partial charge in [-0.1, -0.05) is 46.3 Å². The van der Waals surface area contributed by atoms with Crippen molar-refractivity contribution in [2.75, 3.05) is 20.3 Å². The van der Waals surface area contributed by atoms with E-state index in [2.05, 4.69) is 59.9 Å². The fourth-order valence-electron chi connectivity index (χ4n) is 11.1. The minimum Gasteiger partial charge on any atom is -0.384 e. The van der Waals surface area contributed by atoms with Gasteiger partial charge in [0.2, 0.25) is 0 Å². The zero-order chi connectivity index (χ0) is 23.9. The lowest BCUT2D eigenvalue weighted by molar-refractivity contribution is -0.164. The molecule has 1 saturated heterocycles. The van der Waals surface area contributed by atoms with E-state index < -0.39 is 0 Å². The first kappa shape index (κ1) is 24.4. The summed E-state index contributed by atoms with van der Waals surface area (Å²) in [6.07, 6.45) is 15.2. The number of hydrogen-bond acceptors (Lipinski definition) is 2. The lowest BCUT2D eigenvalue weighted by Crippen LogP contribution is -2.64. The van der Waals surface area contributed by atoms with Crippen molar-refractivity contribution in [2.45, 2.75) is 112 Å². The highest BCUT2D eigenvalue weighted by Gasteiger charge is 2.67. The number of allylic oxidation sites excluding steroid dienone is 2. The topological polar surface area (TPSA) is 21.3 Å². The van der Waals surface area contributed by atoms with Crippen molar-refractivity contribution >= 4 is 0 Å². The number of rotatable bonds is 2. The molecule has 3 saturated carbocycles. The molecule has 1 N–H and O–H groups in total. The lowest BCUT2D eigenvalue weighted by atomic mass is 9.35. The lowest BCUT2D eigenvalue weighted by Gasteiger charge is -2.70. The largest absolute Gasteiger partial charge is 0.384 e. The number of hydrogen-bond donors (Lipinski definition) is 1. The molecule has 0 unspecified atom stereocenters. The normalized spacial score (nSPS) is 53.6. The van der Waals surface area contributed by atoms with E-state index in [9.17, 15) is 0 Å². The maximum Gasteiger partial charge on any atom is 0.0524 e. The Labute approximate surface area is 205 Å². The number of methoxy groups -OCH3 is 1. The Morgan fingerprint density at radius 1 is 0.939 bits per heavy atom. The monoisotopic (exact) mass is 455 g/mol. The van der Waals surface area contributed by atoms with Gasteiger partial charge in [0.25, 0.3) is 0 Å². The summed E-state index contributed by atoms with van der Waals surface area (Å²) < 4.78 is 5.96. The van der Waals surface area contributed by atoms with E-state index in [4.69, 9.17) is 4.74 Å². The maximum absolute atomic E-state index is 5.96. The molecule has 5 aliphatic rings. The first-order valence-electron chi connectivity index (χ1n) is 14.4. The molecule has 33 heavy (non-hydrogen) atoms. The van der Waals surface area contributed by atoms with Gasteiger partial charge >= 0.3 is 0 Å². The first-order chi connectivity index (χ1) is 15.5. The maximum atomic E-state index is 5.96. The molecule has 2 nitrogen and oxygen atoms in total. The third-order valence-corrected chi connectivity index (χ3v) is 13.2. The van der Waals surface area contributed by atoms with Crippen LogP contribution in [0.3, 0.4) is 0 Å². The molecular weight excluding hydrogens is 402 g/mol. The average Bonchev–Trinajstić information content (AvgIpc) is 2.87. The summed E-state index contributed by atoms with van der Waals surface area (Å²) in [4.78, 5) is 0. The second-order valence-electron chi connectivity index (χ2n) is 14.7. The Kier molecular flexibility index (Phi) is 5.78. The van der Waals surface area contributed by atoms with Crippen LogP contribution in [0, 0.1) is 51.2 Å². The van der Waals surface area contributed by atoms with Gasteiger partial charge in [0.15, 0.2) is 0 Å². The van der Waals surface area contributed by atoms with Gasteiger partial charge in [-0.25, -0.2) is 0 Å². The molecule has 0 spiro atoms. The minimum atomic E-state index is 0.255. The van der Waals surface area contributed by atoms with E-state index in [1.54, 1.807) is 0 Å². The van der Waals surface area contributed by atoms with Crippen LogP contribution >= 0.6 is 0 Å². The molecule has 9 atom stereocenters. The Morgan fingerprint density at radius 2 is 1.70 bits per heavy atom. The van der Waals surface area contributed by atoms with Crippen LogP contribution in [-0.2, 0) is 4.74 Å². The van der Waals surface area contributed by atoms with Crippen molar-refractivity contribution in [2.24, 2.45) is 51.2 Å². The smallest absolute Gasteiger partial charge is 0.0524 e. The third-order valence-electron chi connectivity index (χ3n) is 13.2. The van der Waals surface area contributed by atoms with E-state index in [-0.39, 0.29) is 5.54 Å². The van der Waals surface area contributed by atoms with Crippen LogP contribution in [0.25, 0.3) is 0 Å². The fraction of sp³-hybridized carbons (Fsp3) is 0.935. The van der Waals surface area contributed by atoms with E-state index in [0.717, 1.165) is 36.2 Å². The van der Waals surface area contributed by atoms with Crippen LogP contribution < -0.4 is 5.32 Å². The van der Waals surface area contributed by atoms with Gasteiger partial charge < -0.3 is 10.1 Å². The van der Waals surface area contributed by atoms with Gasteiger partial charge in [-0.3, -0.25) is 0 Å². The van der Waals surface area contributed by atoms with Gasteiger partial charge in [-0.2, -0.15) is 0 Å². The van der Waals surface area contributed by atoms with Crippen molar-refractivity contribution < 1.29 is 4.74 Å². The minimum absolute atomic E-state index is 0.255. The Morgan fingerprint density at radius 3 is 2.42 bits per heavy atom. The second-order valence-corrected chi connectivity index (χ2v) is 14.7. The standard InChI is InChI=1S/C31H53NO/c1-21-12-16-31(20-33-8)18-17-29(6)23(26(31)22(21)2)10-11-25-28(5)14-9-19-32-27(3,4)24(28)13-15-30(25,29)7/h10,21-22,24-26,32H,9,11-20H2,1-8H3/t21-,22+,24+,25-,26+,28+,29-,30-,31-/m1/s1. The van der Waals surface area contributed by atoms with Crippen molar-refractivity contribution in [1.82, 2.24) is 5.32 Å². The molecule has 0 aromatic heterocycles. The van der Waals surface area contributed by atoms with E-state index in [1.807, 2.05) is 12.7 Å². The van der Waals surface area contributed by atoms with Crippen LogP contribution in [0.2, 0.25) is 0 Å². The zero-order valence-electron chi connectivity index (χ0n) is 23.2. The highest BCUT2D eigenvalue weighted by molar-refractivity contribution is 5.34. The second kappa shape index (κ2) is 7.83. The van der Waals surface area contributed by atoms with Crippen LogP contribution in [0.5, 0.6) is 0 Å². The molecule has 4 aliphatic carbocycles. The first-order valence-corrected chi connectivity index (χ1v) is 14.4. The molecule has 0 bridgehead atoms. The third kappa shape index (κ3) is 3.18. The Balaban J connectivity index is 1.60. The average molecular weight is 456 g/mol. The van der Waals surface area contributed by atoms with Crippen molar-refractivity contribution in [3.05, 3.63) is 11.6 Å². The molecule has 2 heteroatoms.